The van der Waals surface area contributed by atoms with Crippen LogP contribution in [0.3, 0.4) is 0 Å². The number of hydrogen-bond donors (Lipinski definition) is 1. The van der Waals surface area contributed by atoms with Crippen molar-refractivity contribution < 1.29 is 9.66 Å². The third-order valence-corrected chi connectivity index (χ3v) is 2.39. The van der Waals surface area contributed by atoms with Crippen LogP contribution in [0.5, 0.6) is 11.5 Å². The van der Waals surface area contributed by atoms with Gasteiger partial charge in [-0.1, -0.05) is 11.6 Å². The Bertz CT molecular complexity index is 604. The molecule has 18 heavy (non-hydrogen) atoms. The fourth-order valence-corrected chi connectivity index (χ4v) is 1.57. The second-order valence-corrected chi connectivity index (χ2v) is 3.83. The Kier molecular flexibility index (Phi) is 3.29. The lowest BCUT2D eigenvalue weighted by Crippen LogP contribution is -1.92. The molecule has 0 amide bonds. The Labute approximate surface area is 107 Å². The van der Waals surface area contributed by atoms with Crippen molar-refractivity contribution >= 4 is 23.0 Å². The molecule has 1 aromatic heterocycles. The van der Waals surface area contributed by atoms with E-state index >= 15 is 0 Å². The Morgan fingerprint density at radius 1 is 1.28 bits per heavy atom. The van der Waals surface area contributed by atoms with E-state index in [0.717, 1.165) is 0 Å². The van der Waals surface area contributed by atoms with Crippen LogP contribution in [0.1, 0.15) is 0 Å². The van der Waals surface area contributed by atoms with Gasteiger partial charge in [-0.2, -0.15) is 0 Å². The van der Waals surface area contributed by atoms with Gasteiger partial charge in [0.15, 0.2) is 0 Å². The lowest BCUT2D eigenvalue weighted by atomic mass is 10.3. The summed E-state index contributed by atoms with van der Waals surface area (Å²) in [5, 5.41) is 10.6. The molecule has 0 radical (unpaired) electrons. The van der Waals surface area contributed by atoms with E-state index in [1.807, 2.05) is 0 Å². The minimum absolute atomic E-state index is 0.00867. The lowest BCUT2D eigenvalue weighted by molar-refractivity contribution is -0.384. The quantitative estimate of drug-likeness (QED) is 0.680. The van der Waals surface area contributed by atoms with Crippen molar-refractivity contribution in [3.8, 4) is 11.5 Å². The van der Waals surface area contributed by atoms with E-state index in [2.05, 4.69) is 4.98 Å². The Morgan fingerprint density at radius 2 is 2.06 bits per heavy atom. The number of nitro benzene ring substituents is 1. The normalized spacial score (nSPS) is 10.1. The minimum Gasteiger partial charge on any atom is -0.456 e. The molecule has 0 saturated carbocycles. The highest BCUT2D eigenvalue weighted by Gasteiger charge is 2.12. The van der Waals surface area contributed by atoms with Crippen LogP contribution >= 0.6 is 11.6 Å². The van der Waals surface area contributed by atoms with Gasteiger partial charge >= 0.3 is 0 Å². The first-order valence-electron chi connectivity index (χ1n) is 4.88. The molecule has 0 atom stereocenters. The second kappa shape index (κ2) is 4.89. The number of nitro groups is 1. The lowest BCUT2D eigenvalue weighted by Gasteiger charge is -2.06. The van der Waals surface area contributed by atoms with Gasteiger partial charge in [0.2, 0.25) is 0 Å². The predicted molar refractivity (Wildman–Crippen MR) is 66.8 cm³/mol. The third kappa shape index (κ3) is 2.67. The number of hydrogen-bond acceptors (Lipinski definition) is 5. The summed E-state index contributed by atoms with van der Waals surface area (Å²) < 4.78 is 5.43. The molecule has 1 aromatic carbocycles. The molecule has 0 aliphatic heterocycles. The van der Waals surface area contributed by atoms with E-state index in [1.54, 1.807) is 6.07 Å². The zero-order valence-corrected chi connectivity index (χ0v) is 9.79. The van der Waals surface area contributed by atoms with Gasteiger partial charge in [0, 0.05) is 18.2 Å². The van der Waals surface area contributed by atoms with Crippen molar-refractivity contribution in [1.29, 1.82) is 0 Å². The SMILES string of the molecule is Nc1cncc(Oc2ccc([N+](=O)[O-])c(Cl)c2)c1. The highest BCUT2D eigenvalue weighted by Crippen LogP contribution is 2.30. The minimum atomic E-state index is -0.561. The highest BCUT2D eigenvalue weighted by molar-refractivity contribution is 6.32. The van der Waals surface area contributed by atoms with Crippen LogP contribution in [0.25, 0.3) is 0 Å². The van der Waals surface area contributed by atoms with Gasteiger partial charge in [0.05, 0.1) is 23.0 Å². The number of aromatic nitrogens is 1. The Morgan fingerprint density at radius 3 is 2.67 bits per heavy atom. The summed E-state index contributed by atoms with van der Waals surface area (Å²) in [5.74, 6) is 0.804. The van der Waals surface area contributed by atoms with Gasteiger partial charge in [-0.05, 0) is 6.07 Å². The zero-order chi connectivity index (χ0) is 13.1. The monoisotopic (exact) mass is 265 g/mol. The number of nitrogens with two attached hydrogens (primary N) is 1. The van der Waals surface area contributed by atoms with Gasteiger partial charge < -0.3 is 10.5 Å². The first-order chi connectivity index (χ1) is 8.56. The molecule has 0 aliphatic carbocycles. The van der Waals surface area contributed by atoms with Crippen LogP contribution in [-0.4, -0.2) is 9.91 Å². The van der Waals surface area contributed by atoms with Gasteiger partial charge in [-0.25, -0.2) is 0 Å². The van der Waals surface area contributed by atoms with E-state index in [4.69, 9.17) is 22.1 Å². The van der Waals surface area contributed by atoms with E-state index in [-0.39, 0.29) is 10.7 Å². The van der Waals surface area contributed by atoms with Crippen molar-refractivity contribution in [2.45, 2.75) is 0 Å². The average molecular weight is 266 g/mol. The van der Waals surface area contributed by atoms with Gasteiger partial charge in [0.25, 0.3) is 5.69 Å². The summed E-state index contributed by atoms with van der Waals surface area (Å²) in [6, 6.07) is 5.68. The number of nitrogen functional groups attached to an aromatic ring is 1. The number of nitrogens with zero attached hydrogens (tertiary/aromatic N) is 2. The number of rotatable bonds is 3. The van der Waals surface area contributed by atoms with Crippen LogP contribution in [-0.2, 0) is 0 Å². The van der Waals surface area contributed by atoms with Crippen molar-refractivity contribution in [2.24, 2.45) is 0 Å². The van der Waals surface area contributed by atoms with Crippen molar-refractivity contribution in [3.63, 3.8) is 0 Å². The maximum absolute atomic E-state index is 10.6. The largest absolute Gasteiger partial charge is 0.456 e. The summed E-state index contributed by atoms with van der Waals surface area (Å²) in [7, 11) is 0. The Hall–Kier alpha value is -2.34. The van der Waals surface area contributed by atoms with Crippen LogP contribution in [0.15, 0.2) is 36.7 Å². The number of ether oxygens (including phenoxy) is 1. The van der Waals surface area contributed by atoms with Crippen LogP contribution < -0.4 is 10.5 Å². The van der Waals surface area contributed by atoms with Crippen molar-refractivity contribution in [2.75, 3.05) is 5.73 Å². The maximum atomic E-state index is 10.6. The van der Waals surface area contributed by atoms with Crippen molar-refractivity contribution in [1.82, 2.24) is 4.98 Å². The second-order valence-electron chi connectivity index (χ2n) is 3.43. The molecule has 0 unspecified atom stereocenters. The van der Waals surface area contributed by atoms with Gasteiger partial charge in [-0.3, -0.25) is 15.1 Å². The van der Waals surface area contributed by atoms with E-state index < -0.39 is 4.92 Å². The fourth-order valence-electron chi connectivity index (χ4n) is 1.33. The average Bonchev–Trinajstić information content (AvgIpc) is 2.28. The molecule has 0 aliphatic rings. The van der Waals surface area contributed by atoms with E-state index in [9.17, 15) is 10.1 Å². The van der Waals surface area contributed by atoms with Crippen LogP contribution in [0, 0.1) is 10.1 Å². The molecule has 2 N–H and O–H groups in total. The molecule has 2 aromatic rings. The van der Waals surface area contributed by atoms with Crippen LogP contribution in [0.2, 0.25) is 5.02 Å². The molecule has 92 valence electrons. The number of benzene rings is 1. The van der Waals surface area contributed by atoms with Crippen LogP contribution in [0.4, 0.5) is 11.4 Å². The molecule has 2 rings (SSSR count). The molecule has 0 saturated heterocycles. The Balaban J connectivity index is 2.25. The van der Waals surface area contributed by atoms with Crippen molar-refractivity contribution in [3.05, 3.63) is 51.8 Å². The standard InChI is InChI=1S/C11H8ClN3O3/c12-10-4-8(1-2-11(10)15(16)17)18-9-3-7(13)5-14-6-9/h1-6H,13H2. The summed E-state index contributed by atoms with van der Waals surface area (Å²) in [5.41, 5.74) is 5.84. The smallest absolute Gasteiger partial charge is 0.288 e. The van der Waals surface area contributed by atoms with Gasteiger partial charge in [0.1, 0.15) is 16.5 Å². The first-order valence-corrected chi connectivity index (χ1v) is 5.26. The third-order valence-electron chi connectivity index (χ3n) is 2.09. The molecular weight excluding hydrogens is 258 g/mol. The highest BCUT2D eigenvalue weighted by atomic mass is 35.5. The maximum Gasteiger partial charge on any atom is 0.288 e. The molecule has 7 heteroatoms. The molecular formula is C11H8ClN3O3. The summed E-state index contributed by atoms with van der Waals surface area (Å²) in [6.07, 6.45) is 2.96. The molecule has 0 spiro atoms. The first kappa shape index (κ1) is 12.1. The van der Waals surface area contributed by atoms with Gasteiger partial charge in [-0.15, -0.1) is 0 Å². The summed E-state index contributed by atoms with van der Waals surface area (Å²) in [4.78, 5) is 13.9. The zero-order valence-electron chi connectivity index (χ0n) is 9.04. The molecule has 0 fully saturated rings. The number of pyridine rings is 1. The topological polar surface area (TPSA) is 91.3 Å². The number of anilines is 1. The summed E-state index contributed by atoms with van der Waals surface area (Å²) >= 11 is 5.76. The molecule has 0 bridgehead atoms. The summed E-state index contributed by atoms with van der Waals surface area (Å²) in [6.45, 7) is 0. The predicted octanol–water partition coefficient (Wildman–Crippen LogP) is 3.02. The fraction of sp³-hybridized carbons (Fsp3) is 0. The molecule has 6 nitrogen and oxygen atoms in total. The van der Waals surface area contributed by atoms with E-state index in [0.29, 0.717) is 17.2 Å². The molecule has 1 heterocycles. The van der Waals surface area contributed by atoms with E-state index in [1.165, 1.54) is 30.6 Å². The number of halogens is 1.